The van der Waals surface area contributed by atoms with Crippen LogP contribution in [0.1, 0.15) is 22.5 Å². The molecule has 31 heavy (non-hydrogen) atoms. The van der Waals surface area contributed by atoms with Crippen LogP contribution in [0.5, 0.6) is 11.5 Å². The third kappa shape index (κ3) is 5.91. The normalized spacial score (nSPS) is 10.8. The topological polar surface area (TPSA) is 78.3 Å². The maximum absolute atomic E-state index is 12.5. The van der Waals surface area contributed by atoms with E-state index in [9.17, 15) is 4.79 Å². The standard InChI is InChI=1S/C22H25IN4O3S/c1-13-6-7-17(18(8-13)29-5)30-11-19-25-26-22(27(19)4)31-12-20(28)24-21-14(2)9-16(23)10-15(21)3/h6-10H,11-12H2,1-5H3,(H,24,28). The molecule has 0 atom stereocenters. The fourth-order valence-corrected chi connectivity index (χ4v) is 4.71. The van der Waals surface area contributed by atoms with Crippen molar-refractivity contribution in [3.05, 3.63) is 56.4 Å². The summed E-state index contributed by atoms with van der Waals surface area (Å²) >= 11 is 3.61. The summed E-state index contributed by atoms with van der Waals surface area (Å²) in [4.78, 5) is 12.5. The van der Waals surface area contributed by atoms with Crippen LogP contribution in [0.4, 0.5) is 5.69 Å². The van der Waals surface area contributed by atoms with Gasteiger partial charge in [0.15, 0.2) is 22.5 Å². The SMILES string of the molecule is COc1cc(C)ccc1OCc1nnc(SCC(=O)Nc2c(C)cc(I)cc2C)n1C. The number of methoxy groups -OCH3 is 1. The van der Waals surface area contributed by atoms with Crippen molar-refractivity contribution in [3.63, 3.8) is 0 Å². The molecule has 3 aromatic rings. The molecule has 0 aliphatic carbocycles. The lowest BCUT2D eigenvalue weighted by atomic mass is 10.1. The van der Waals surface area contributed by atoms with Crippen LogP contribution in [0, 0.1) is 24.3 Å². The zero-order chi connectivity index (χ0) is 22.5. The lowest BCUT2D eigenvalue weighted by Crippen LogP contribution is -2.16. The van der Waals surface area contributed by atoms with Crippen molar-refractivity contribution in [2.45, 2.75) is 32.5 Å². The van der Waals surface area contributed by atoms with E-state index in [0.717, 1.165) is 25.9 Å². The molecule has 1 amide bonds. The molecule has 1 heterocycles. The predicted molar refractivity (Wildman–Crippen MR) is 131 cm³/mol. The number of rotatable bonds is 8. The van der Waals surface area contributed by atoms with Crippen LogP contribution < -0.4 is 14.8 Å². The molecular weight excluding hydrogens is 527 g/mol. The summed E-state index contributed by atoms with van der Waals surface area (Å²) in [5.74, 6) is 2.14. The van der Waals surface area contributed by atoms with E-state index < -0.39 is 0 Å². The molecule has 0 aliphatic rings. The van der Waals surface area contributed by atoms with Crippen LogP contribution in [-0.4, -0.2) is 33.5 Å². The summed E-state index contributed by atoms with van der Waals surface area (Å²) in [5.41, 5.74) is 4.06. The molecule has 0 fully saturated rings. The Labute approximate surface area is 200 Å². The smallest absolute Gasteiger partial charge is 0.234 e. The Balaban J connectivity index is 1.59. The van der Waals surface area contributed by atoms with Gasteiger partial charge in [0.2, 0.25) is 5.91 Å². The number of carbonyl (C=O) groups is 1. The van der Waals surface area contributed by atoms with Crippen molar-refractivity contribution in [3.8, 4) is 11.5 Å². The van der Waals surface area contributed by atoms with E-state index in [4.69, 9.17) is 9.47 Å². The Kier molecular flexibility index (Phi) is 7.82. The van der Waals surface area contributed by atoms with Crippen molar-refractivity contribution in [1.82, 2.24) is 14.8 Å². The van der Waals surface area contributed by atoms with E-state index in [1.807, 2.05) is 62.7 Å². The number of anilines is 1. The number of hydrogen-bond acceptors (Lipinski definition) is 6. The van der Waals surface area contributed by atoms with Gasteiger partial charge in [-0.3, -0.25) is 4.79 Å². The third-order valence-corrected chi connectivity index (χ3v) is 6.34. The molecule has 0 saturated heterocycles. The van der Waals surface area contributed by atoms with Gasteiger partial charge < -0.3 is 19.4 Å². The van der Waals surface area contributed by atoms with Gasteiger partial charge in [0.05, 0.1) is 12.9 Å². The molecule has 2 aromatic carbocycles. The number of ether oxygens (including phenoxy) is 2. The van der Waals surface area contributed by atoms with Gasteiger partial charge in [-0.05, 0) is 84.3 Å². The first kappa shape index (κ1) is 23.4. The number of nitrogens with zero attached hydrogens (tertiary/aromatic N) is 3. The second kappa shape index (κ2) is 10.4. The first-order valence-corrected chi connectivity index (χ1v) is 11.7. The fraction of sp³-hybridized carbons (Fsp3) is 0.318. The number of halogens is 1. The molecule has 0 bridgehead atoms. The number of hydrogen-bond donors (Lipinski definition) is 1. The number of carbonyl (C=O) groups excluding carboxylic acids is 1. The number of benzene rings is 2. The van der Waals surface area contributed by atoms with Crippen LogP contribution in [0.15, 0.2) is 35.5 Å². The van der Waals surface area contributed by atoms with Crippen LogP contribution in [0.2, 0.25) is 0 Å². The molecule has 3 rings (SSSR count). The minimum atomic E-state index is -0.0809. The Morgan fingerprint density at radius 3 is 2.52 bits per heavy atom. The Bertz CT molecular complexity index is 1080. The molecule has 1 aromatic heterocycles. The van der Waals surface area contributed by atoms with Gasteiger partial charge in [-0.25, -0.2) is 0 Å². The highest BCUT2D eigenvalue weighted by molar-refractivity contribution is 14.1. The monoisotopic (exact) mass is 552 g/mol. The van der Waals surface area contributed by atoms with Gasteiger partial charge >= 0.3 is 0 Å². The number of thioether (sulfide) groups is 1. The molecule has 0 radical (unpaired) electrons. The summed E-state index contributed by atoms with van der Waals surface area (Å²) in [6, 6.07) is 9.86. The number of aromatic nitrogens is 3. The minimum absolute atomic E-state index is 0.0809. The molecule has 0 saturated carbocycles. The molecule has 0 unspecified atom stereocenters. The Morgan fingerprint density at radius 2 is 1.84 bits per heavy atom. The molecule has 0 spiro atoms. The number of aryl methyl sites for hydroxylation is 3. The second-order valence-electron chi connectivity index (χ2n) is 7.15. The van der Waals surface area contributed by atoms with Crippen LogP contribution >= 0.6 is 34.4 Å². The third-order valence-electron chi connectivity index (χ3n) is 4.70. The first-order chi connectivity index (χ1) is 14.8. The quantitative estimate of drug-likeness (QED) is 0.324. The highest BCUT2D eigenvalue weighted by Gasteiger charge is 2.14. The van der Waals surface area contributed by atoms with Crippen LogP contribution in [0.3, 0.4) is 0 Å². The number of nitrogens with one attached hydrogen (secondary N) is 1. The van der Waals surface area contributed by atoms with E-state index in [2.05, 4.69) is 38.1 Å². The molecule has 0 aliphatic heterocycles. The largest absolute Gasteiger partial charge is 0.493 e. The molecule has 9 heteroatoms. The first-order valence-electron chi connectivity index (χ1n) is 9.63. The van der Waals surface area contributed by atoms with E-state index in [1.54, 1.807) is 7.11 Å². The van der Waals surface area contributed by atoms with Crippen molar-refractivity contribution >= 4 is 45.9 Å². The average molecular weight is 552 g/mol. The fourth-order valence-electron chi connectivity index (χ4n) is 3.05. The van der Waals surface area contributed by atoms with Gasteiger partial charge in [0, 0.05) is 16.3 Å². The predicted octanol–water partition coefficient (Wildman–Crippen LogP) is 4.66. The van der Waals surface area contributed by atoms with Gasteiger partial charge in [-0.15, -0.1) is 10.2 Å². The number of amides is 1. The molecule has 7 nitrogen and oxygen atoms in total. The van der Waals surface area contributed by atoms with E-state index in [1.165, 1.54) is 11.8 Å². The Morgan fingerprint density at radius 1 is 1.13 bits per heavy atom. The lowest BCUT2D eigenvalue weighted by Gasteiger charge is -2.12. The van der Waals surface area contributed by atoms with Gasteiger partial charge in [-0.1, -0.05) is 17.8 Å². The minimum Gasteiger partial charge on any atom is -0.493 e. The van der Waals surface area contributed by atoms with E-state index >= 15 is 0 Å². The second-order valence-corrected chi connectivity index (χ2v) is 9.34. The molecule has 1 N–H and O–H groups in total. The maximum Gasteiger partial charge on any atom is 0.234 e. The van der Waals surface area contributed by atoms with E-state index in [-0.39, 0.29) is 18.3 Å². The summed E-state index contributed by atoms with van der Waals surface area (Å²) in [6.45, 7) is 6.23. The van der Waals surface area contributed by atoms with Crippen LogP contribution in [0.25, 0.3) is 0 Å². The Hall–Kier alpha value is -2.27. The maximum atomic E-state index is 12.5. The van der Waals surface area contributed by atoms with Gasteiger partial charge in [-0.2, -0.15) is 0 Å². The summed E-state index contributed by atoms with van der Waals surface area (Å²) in [7, 11) is 3.47. The zero-order valence-corrected chi connectivity index (χ0v) is 21.1. The average Bonchev–Trinajstić information content (AvgIpc) is 3.07. The van der Waals surface area contributed by atoms with Crippen molar-refractivity contribution in [2.75, 3.05) is 18.2 Å². The molecule has 164 valence electrons. The summed E-state index contributed by atoms with van der Waals surface area (Å²) < 4.78 is 14.2. The zero-order valence-electron chi connectivity index (χ0n) is 18.2. The lowest BCUT2D eigenvalue weighted by molar-refractivity contribution is -0.113. The highest BCUT2D eigenvalue weighted by Crippen LogP contribution is 2.29. The molecular formula is C22H25IN4O3S. The summed E-state index contributed by atoms with van der Waals surface area (Å²) in [5, 5.41) is 12.1. The van der Waals surface area contributed by atoms with Crippen molar-refractivity contribution in [2.24, 2.45) is 7.05 Å². The van der Waals surface area contributed by atoms with E-state index in [0.29, 0.717) is 22.5 Å². The van der Waals surface area contributed by atoms with Crippen LogP contribution in [-0.2, 0) is 18.4 Å². The highest BCUT2D eigenvalue weighted by atomic mass is 127. The van der Waals surface area contributed by atoms with Gasteiger partial charge in [0.1, 0.15) is 6.61 Å². The van der Waals surface area contributed by atoms with Crippen molar-refractivity contribution in [1.29, 1.82) is 0 Å². The van der Waals surface area contributed by atoms with Gasteiger partial charge in [0.25, 0.3) is 0 Å². The van der Waals surface area contributed by atoms with Crippen molar-refractivity contribution < 1.29 is 14.3 Å². The summed E-state index contributed by atoms with van der Waals surface area (Å²) in [6.07, 6.45) is 0.